The molecule has 1 atom stereocenters. The number of hydrogen-bond donors (Lipinski definition) is 3. The second kappa shape index (κ2) is 7.00. The van der Waals surface area contributed by atoms with Crippen molar-refractivity contribution in [2.24, 2.45) is 5.73 Å². The van der Waals surface area contributed by atoms with Crippen LogP contribution in [0.4, 0.5) is 5.69 Å². The summed E-state index contributed by atoms with van der Waals surface area (Å²) in [5.41, 5.74) is 5.97. The average Bonchev–Trinajstić information content (AvgIpc) is 2.99. The number of nitrogens with two attached hydrogens (primary N) is 1. The second-order valence-electron chi connectivity index (χ2n) is 4.71. The predicted molar refractivity (Wildman–Crippen MR) is 83.7 cm³/mol. The van der Waals surface area contributed by atoms with Gasteiger partial charge in [0.05, 0.1) is 24.4 Å². The minimum absolute atomic E-state index is 0.0222. The summed E-state index contributed by atoms with van der Waals surface area (Å²) in [5.74, 6) is -0.184. The number of halogens is 1. The first-order valence-electron chi connectivity index (χ1n) is 6.63. The van der Waals surface area contributed by atoms with E-state index in [1.54, 1.807) is 30.5 Å². The third-order valence-electron chi connectivity index (χ3n) is 3.03. The number of carbonyl (C=O) groups excluding carboxylic acids is 2. The van der Waals surface area contributed by atoms with Gasteiger partial charge in [-0.05, 0) is 37.3 Å². The third-order valence-corrected chi connectivity index (χ3v) is 3.27. The average molecular weight is 322 g/mol. The molecule has 4 N–H and O–H groups in total. The largest absolute Gasteiger partial charge is 0.467 e. The summed E-state index contributed by atoms with van der Waals surface area (Å²) in [6, 6.07) is 7.90. The third kappa shape index (κ3) is 4.02. The van der Waals surface area contributed by atoms with E-state index >= 15 is 0 Å². The van der Waals surface area contributed by atoms with Crippen molar-refractivity contribution in [1.82, 2.24) is 5.32 Å². The van der Waals surface area contributed by atoms with Gasteiger partial charge in [-0.25, -0.2) is 0 Å². The van der Waals surface area contributed by atoms with Gasteiger partial charge in [0.15, 0.2) is 0 Å². The second-order valence-corrected chi connectivity index (χ2v) is 5.15. The van der Waals surface area contributed by atoms with Crippen LogP contribution in [-0.4, -0.2) is 18.4 Å². The molecule has 0 spiro atoms. The predicted octanol–water partition coefficient (Wildman–Crippen LogP) is 2.32. The van der Waals surface area contributed by atoms with Gasteiger partial charge in [-0.15, -0.1) is 0 Å². The highest BCUT2D eigenvalue weighted by Gasteiger charge is 2.13. The van der Waals surface area contributed by atoms with Gasteiger partial charge in [-0.1, -0.05) is 11.6 Å². The van der Waals surface area contributed by atoms with E-state index in [4.69, 9.17) is 21.8 Å². The smallest absolute Gasteiger partial charge is 0.250 e. The number of amides is 2. The van der Waals surface area contributed by atoms with Crippen LogP contribution in [0.3, 0.4) is 0 Å². The van der Waals surface area contributed by atoms with Gasteiger partial charge < -0.3 is 20.8 Å². The van der Waals surface area contributed by atoms with Crippen LogP contribution in [0.15, 0.2) is 41.0 Å². The van der Waals surface area contributed by atoms with E-state index in [-0.39, 0.29) is 24.1 Å². The van der Waals surface area contributed by atoms with Crippen LogP contribution in [0, 0.1) is 0 Å². The van der Waals surface area contributed by atoms with E-state index in [2.05, 4.69) is 10.6 Å². The Kier molecular flexibility index (Phi) is 5.06. The van der Waals surface area contributed by atoms with Crippen LogP contribution in [0.2, 0.25) is 5.02 Å². The van der Waals surface area contributed by atoms with Crippen LogP contribution in [-0.2, 0) is 4.79 Å². The molecule has 0 saturated carbocycles. The van der Waals surface area contributed by atoms with Crippen molar-refractivity contribution < 1.29 is 14.0 Å². The van der Waals surface area contributed by atoms with E-state index in [1.165, 1.54) is 6.07 Å². The topological polar surface area (TPSA) is 97.4 Å². The van der Waals surface area contributed by atoms with Crippen molar-refractivity contribution >= 4 is 29.1 Å². The Balaban J connectivity index is 1.96. The molecule has 2 rings (SSSR count). The normalized spacial score (nSPS) is 11.7. The Bertz CT molecular complexity index is 671. The maximum Gasteiger partial charge on any atom is 0.250 e. The number of primary amides is 1. The van der Waals surface area contributed by atoms with Gasteiger partial charge in [0.1, 0.15) is 5.76 Å². The standard InChI is InChI=1S/C15H16ClN3O3/c1-9(13-3-2-6-22-13)19-14(20)8-18-12-7-10(16)4-5-11(12)15(17)21/h2-7,9,18H,8H2,1H3,(H2,17,21)(H,19,20). The first-order chi connectivity index (χ1) is 10.5. The zero-order valence-corrected chi connectivity index (χ0v) is 12.7. The zero-order valence-electron chi connectivity index (χ0n) is 11.9. The molecule has 6 nitrogen and oxygen atoms in total. The molecule has 1 aromatic heterocycles. The maximum atomic E-state index is 11.9. The molecule has 1 unspecified atom stereocenters. The molecule has 0 fully saturated rings. The molecule has 0 bridgehead atoms. The number of carbonyl (C=O) groups is 2. The van der Waals surface area contributed by atoms with Gasteiger partial charge in [-0.3, -0.25) is 9.59 Å². The monoisotopic (exact) mass is 321 g/mol. The maximum absolute atomic E-state index is 11.9. The van der Waals surface area contributed by atoms with Gasteiger partial charge in [-0.2, -0.15) is 0 Å². The molecule has 0 saturated heterocycles. The Hall–Kier alpha value is -2.47. The first-order valence-corrected chi connectivity index (χ1v) is 7.01. The molecular weight excluding hydrogens is 306 g/mol. The van der Waals surface area contributed by atoms with Crippen LogP contribution in [0.25, 0.3) is 0 Å². The van der Waals surface area contributed by atoms with E-state index < -0.39 is 5.91 Å². The Morgan fingerprint density at radius 1 is 1.36 bits per heavy atom. The molecule has 1 aromatic carbocycles. The molecule has 0 aliphatic rings. The molecule has 1 heterocycles. The number of anilines is 1. The van der Waals surface area contributed by atoms with Gasteiger partial charge in [0, 0.05) is 10.7 Å². The quantitative estimate of drug-likeness (QED) is 0.760. The summed E-state index contributed by atoms with van der Waals surface area (Å²) in [6.07, 6.45) is 1.54. The van der Waals surface area contributed by atoms with Gasteiger partial charge >= 0.3 is 0 Å². The van der Waals surface area contributed by atoms with Crippen molar-refractivity contribution in [3.63, 3.8) is 0 Å². The molecule has 0 radical (unpaired) electrons. The van der Waals surface area contributed by atoms with Crippen molar-refractivity contribution in [2.75, 3.05) is 11.9 Å². The lowest BCUT2D eigenvalue weighted by molar-refractivity contribution is -0.120. The van der Waals surface area contributed by atoms with E-state index in [0.717, 1.165) is 0 Å². The fraction of sp³-hybridized carbons (Fsp3) is 0.200. The summed E-state index contributed by atoms with van der Waals surface area (Å²) in [5, 5.41) is 6.07. The first kappa shape index (κ1) is 15.9. The molecule has 7 heteroatoms. The molecule has 22 heavy (non-hydrogen) atoms. The molecule has 0 aliphatic heterocycles. The number of rotatable bonds is 6. The highest BCUT2D eigenvalue weighted by atomic mass is 35.5. The SMILES string of the molecule is CC(NC(=O)CNc1cc(Cl)ccc1C(N)=O)c1ccco1. The molecule has 2 aromatic rings. The Labute approximate surface area is 132 Å². The van der Waals surface area contributed by atoms with Crippen LogP contribution >= 0.6 is 11.6 Å². The van der Waals surface area contributed by atoms with Crippen molar-refractivity contribution in [3.05, 3.63) is 52.9 Å². The zero-order chi connectivity index (χ0) is 16.1. The number of hydrogen-bond acceptors (Lipinski definition) is 4. The van der Waals surface area contributed by atoms with Crippen LogP contribution in [0.1, 0.15) is 29.1 Å². The Morgan fingerprint density at radius 2 is 2.14 bits per heavy atom. The lowest BCUT2D eigenvalue weighted by Gasteiger charge is -2.14. The van der Waals surface area contributed by atoms with Gasteiger partial charge in [0.2, 0.25) is 5.91 Å². The summed E-state index contributed by atoms with van der Waals surface area (Å²) in [7, 11) is 0. The molecule has 0 aliphatic carbocycles. The summed E-state index contributed by atoms with van der Waals surface area (Å²) < 4.78 is 5.21. The van der Waals surface area contributed by atoms with Gasteiger partial charge in [0.25, 0.3) is 5.91 Å². The minimum atomic E-state index is -0.594. The number of furan rings is 1. The number of benzene rings is 1. The van der Waals surface area contributed by atoms with Crippen molar-refractivity contribution in [2.45, 2.75) is 13.0 Å². The van der Waals surface area contributed by atoms with Crippen molar-refractivity contribution in [1.29, 1.82) is 0 Å². The lowest BCUT2D eigenvalue weighted by Crippen LogP contribution is -2.32. The minimum Gasteiger partial charge on any atom is -0.467 e. The van der Waals surface area contributed by atoms with Crippen LogP contribution < -0.4 is 16.4 Å². The summed E-state index contributed by atoms with van der Waals surface area (Å²) in [6.45, 7) is 1.79. The van der Waals surface area contributed by atoms with Crippen molar-refractivity contribution in [3.8, 4) is 0 Å². The highest BCUT2D eigenvalue weighted by molar-refractivity contribution is 6.31. The molecule has 116 valence electrons. The van der Waals surface area contributed by atoms with E-state index in [1.807, 2.05) is 6.92 Å². The number of nitrogens with one attached hydrogen (secondary N) is 2. The summed E-state index contributed by atoms with van der Waals surface area (Å²) in [4.78, 5) is 23.3. The van der Waals surface area contributed by atoms with Crippen LogP contribution in [0.5, 0.6) is 0 Å². The molecular formula is C15H16ClN3O3. The summed E-state index contributed by atoms with van der Waals surface area (Å²) >= 11 is 5.88. The highest BCUT2D eigenvalue weighted by Crippen LogP contribution is 2.20. The van der Waals surface area contributed by atoms with E-state index in [0.29, 0.717) is 16.5 Å². The van der Waals surface area contributed by atoms with E-state index in [9.17, 15) is 9.59 Å². The Morgan fingerprint density at radius 3 is 2.77 bits per heavy atom. The fourth-order valence-electron chi connectivity index (χ4n) is 1.95. The fourth-order valence-corrected chi connectivity index (χ4v) is 2.13. The lowest BCUT2D eigenvalue weighted by atomic mass is 10.1. The molecule has 2 amide bonds.